The van der Waals surface area contributed by atoms with E-state index < -0.39 is 15.9 Å². The fourth-order valence-electron chi connectivity index (χ4n) is 1.65. The summed E-state index contributed by atoms with van der Waals surface area (Å²) >= 11 is 1.35. The first kappa shape index (κ1) is 19.2. The molecule has 0 atom stereocenters. The number of hydrazine groups is 1. The van der Waals surface area contributed by atoms with Gasteiger partial charge in [0.05, 0.1) is 11.1 Å². The Labute approximate surface area is 143 Å². The van der Waals surface area contributed by atoms with E-state index in [9.17, 15) is 18.0 Å². The fourth-order valence-corrected chi connectivity index (χ4v) is 2.58. The van der Waals surface area contributed by atoms with E-state index in [2.05, 4.69) is 5.43 Å². The number of carbonyl (C=O) groups excluding carboxylic acids is 2. The van der Waals surface area contributed by atoms with Gasteiger partial charge in [0.2, 0.25) is 22.4 Å². The molecule has 0 saturated carbocycles. The van der Waals surface area contributed by atoms with Crippen molar-refractivity contribution in [2.75, 3.05) is 6.26 Å². The molecule has 7 nitrogen and oxygen atoms in total. The van der Waals surface area contributed by atoms with Crippen LogP contribution in [0.5, 0.6) is 0 Å². The summed E-state index contributed by atoms with van der Waals surface area (Å²) in [6, 6.07) is 6.66. The van der Waals surface area contributed by atoms with E-state index in [1.807, 2.05) is 10.2 Å². The number of nitrogens with zero attached hydrogens (tertiary/aromatic N) is 1. The third kappa shape index (κ3) is 6.06. The number of hydrogen-bond donors (Lipinski definition) is 2. The Hall–Kier alpha value is -1.81. The topological polar surface area (TPSA) is 96.2 Å². The molecule has 0 aliphatic heterocycles. The molecule has 0 spiro atoms. The quantitative estimate of drug-likeness (QED) is 0.437. The smallest absolute Gasteiger partial charge is 0.272 e. The second kappa shape index (κ2) is 8.16. The van der Waals surface area contributed by atoms with Gasteiger partial charge in [-0.1, -0.05) is 6.07 Å². The monoisotopic (exact) mass is 376 g/mol. The second-order valence-electron chi connectivity index (χ2n) is 4.49. The van der Waals surface area contributed by atoms with Crippen molar-refractivity contribution in [2.45, 2.75) is 6.54 Å². The SMILES string of the molecule is CS(=O)(=O)NNC(=O)c1ccc[n+](CC(=O)c2cccs2)c1.Cl. The van der Waals surface area contributed by atoms with Gasteiger partial charge in [0.25, 0.3) is 5.91 Å². The second-order valence-corrected chi connectivity index (χ2v) is 7.19. The predicted octanol–water partition coefficient (Wildman–Crippen LogP) is 0.534. The summed E-state index contributed by atoms with van der Waals surface area (Å²) in [5, 5.41) is 1.82. The van der Waals surface area contributed by atoms with Crippen molar-refractivity contribution in [2.24, 2.45) is 0 Å². The average Bonchev–Trinajstić information content (AvgIpc) is 2.98. The zero-order valence-corrected chi connectivity index (χ0v) is 14.5. The molecule has 0 unspecified atom stereocenters. The molecule has 0 radical (unpaired) electrons. The van der Waals surface area contributed by atoms with Crippen molar-refractivity contribution >= 4 is 45.5 Å². The fraction of sp³-hybridized carbons (Fsp3) is 0.154. The number of hydrogen-bond acceptors (Lipinski definition) is 5. The molecule has 0 aliphatic rings. The molecule has 1 amide bonds. The van der Waals surface area contributed by atoms with Crippen molar-refractivity contribution in [3.63, 3.8) is 0 Å². The van der Waals surface area contributed by atoms with Crippen molar-refractivity contribution in [3.05, 3.63) is 52.5 Å². The van der Waals surface area contributed by atoms with Crippen LogP contribution in [0.25, 0.3) is 0 Å². The van der Waals surface area contributed by atoms with Gasteiger partial charge in [-0.2, -0.15) is 4.57 Å². The predicted molar refractivity (Wildman–Crippen MR) is 88.0 cm³/mol. The minimum Gasteiger partial charge on any atom is -0.286 e. The van der Waals surface area contributed by atoms with Crippen LogP contribution in [-0.2, 0) is 16.6 Å². The third-order valence-electron chi connectivity index (χ3n) is 2.59. The Kier molecular flexibility index (Phi) is 6.82. The summed E-state index contributed by atoms with van der Waals surface area (Å²) in [4.78, 5) is 26.4. The number of halogens is 1. The summed E-state index contributed by atoms with van der Waals surface area (Å²) < 4.78 is 23.4. The molecule has 0 fully saturated rings. The van der Waals surface area contributed by atoms with Crippen LogP contribution in [0.3, 0.4) is 0 Å². The van der Waals surface area contributed by atoms with Crippen LogP contribution in [0.4, 0.5) is 0 Å². The summed E-state index contributed by atoms with van der Waals surface area (Å²) in [7, 11) is -3.53. The first-order valence-electron chi connectivity index (χ1n) is 6.18. The van der Waals surface area contributed by atoms with E-state index in [0.29, 0.717) is 4.88 Å². The largest absolute Gasteiger partial charge is 0.286 e. The lowest BCUT2D eigenvalue weighted by Crippen LogP contribution is -2.43. The third-order valence-corrected chi connectivity index (χ3v) is 3.98. The number of aromatic nitrogens is 1. The number of Topliss-reactive ketones (excluding diaryl/α,β-unsaturated/α-hetero) is 1. The maximum Gasteiger partial charge on any atom is 0.272 e. The Morgan fingerprint density at radius 2 is 2.00 bits per heavy atom. The zero-order valence-electron chi connectivity index (χ0n) is 12.1. The molecular weight excluding hydrogens is 362 g/mol. The number of carbonyl (C=O) groups is 2. The molecule has 0 aliphatic carbocycles. The normalized spacial score (nSPS) is 10.7. The minimum absolute atomic E-state index is 0. The molecule has 2 rings (SSSR count). The van der Waals surface area contributed by atoms with E-state index >= 15 is 0 Å². The molecule has 23 heavy (non-hydrogen) atoms. The van der Waals surface area contributed by atoms with Gasteiger partial charge in [-0.05, 0) is 17.5 Å². The summed E-state index contributed by atoms with van der Waals surface area (Å²) in [5.74, 6) is -0.671. The number of rotatable bonds is 6. The van der Waals surface area contributed by atoms with Crippen LogP contribution in [0.2, 0.25) is 0 Å². The number of pyridine rings is 1. The molecule has 2 aromatic rings. The van der Waals surface area contributed by atoms with Gasteiger partial charge in [0.15, 0.2) is 12.4 Å². The maximum absolute atomic E-state index is 12.0. The van der Waals surface area contributed by atoms with Crippen LogP contribution in [0.15, 0.2) is 42.0 Å². The van der Waals surface area contributed by atoms with Crippen molar-refractivity contribution < 1.29 is 22.6 Å². The standard InChI is InChI=1S/C13H13N3O4S2.ClH/c1-22(19,20)15-14-13(18)10-4-2-6-16(8-10)9-11(17)12-5-3-7-21-12;/h2-8,15H,9H2,1H3;1H/p+1. The molecule has 0 aromatic carbocycles. The van der Waals surface area contributed by atoms with Gasteiger partial charge >= 0.3 is 0 Å². The highest BCUT2D eigenvalue weighted by Gasteiger charge is 2.16. The van der Waals surface area contributed by atoms with Gasteiger partial charge in [-0.25, -0.2) is 8.42 Å². The lowest BCUT2D eigenvalue weighted by Gasteiger charge is -2.04. The first-order valence-corrected chi connectivity index (χ1v) is 8.95. The molecule has 0 bridgehead atoms. The Morgan fingerprint density at radius 3 is 2.61 bits per heavy atom. The highest BCUT2D eigenvalue weighted by molar-refractivity contribution is 7.88. The van der Waals surface area contributed by atoms with E-state index in [1.54, 1.807) is 29.0 Å². The number of thiophene rings is 1. The molecular formula is C13H15ClN3O4S2+. The van der Waals surface area contributed by atoms with Gasteiger partial charge in [-0.15, -0.1) is 28.6 Å². The van der Waals surface area contributed by atoms with Crippen molar-refractivity contribution in [3.8, 4) is 0 Å². The number of amides is 1. The molecule has 2 N–H and O–H groups in total. The van der Waals surface area contributed by atoms with Crippen molar-refractivity contribution in [1.29, 1.82) is 0 Å². The number of nitrogens with one attached hydrogen (secondary N) is 2. The molecule has 0 saturated heterocycles. The van der Waals surface area contributed by atoms with Gasteiger partial charge in [0.1, 0.15) is 5.56 Å². The molecule has 124 valence electrons. The number of ketones is 1. The van der Waals surface area contributed by atoms with Crippen LogP contribution >= 0.6 is 23.7 Å². The van der Waals surface area contributed by atoms with Gasteiger partial charge < -0.3 is 0 Å². The van der Waals surface area contributed by atoms with E-state index in [0.717, 1.165) is 6.26 Å². The lowest BCUT2D eigenvalue weighted by atomic mass is 10.2. The first-order chi connectivity index (χ1) is 10.3. The summed E-state index contributed by atoms with van der Waals surface area (Å²) in [6.45, 7) is 0.0984. The average molecular weight is 377 g/mol. The van der Waals surface area contributed by atoms with Crippen LogP contribution < -0.4 is 14.8 Å². The van der Waals surface area contributed by atoms with Crippen LogP contribution in [-0.4, -0.2) is 26.4 Å². The molecule has 10 heteroatoms. The number of sulfonamides is 1. The lowest BCUT2D eigenvalue weighted by molar-refractivity contribution is -0.683. The van der Waals surface area contributed by atoms with E-state index in [-0.39, 0.29) is 30.3 Å². The Balaban J connectivity index is 0.00000264. The van der Waals surface area contributed by atoms with Gasteiger partial charge in [0, 0.05) is 6.07 Å². The highest BCUT2D eigenvalue weighted by atomic mass is 35.5. The zero-order chi connectivity index (χ0) is 16.2. The Morgan fingerprint density at radius 1 is 1.26 bits per heavy atom. The van der Waals surface area contributed by atoms with Crippen LogP contribution in [0, 0.1) is 0 Å². The summed E-state index contributed by atoms with van der Waals surface area (Å²) in [6.07, 6.45) is 4.06. The molecule has 2 heterocycles. The highest BCUT2D eigenvalue weighted by Crippen LogP contribution is 2.09. The van der Waals surface area contributed by atoms with E-state index in [4.69, 9.17) is 0 Å². The molecule has 2 aromatic heterocycles. The van der Waals surface area contributed by atoms with Crippen LogP contribution in [0.1, 0.15) is 20.0 Å². The summed E-state index contributed by atoms with van der Waals surface area (Å²) in [5.41, 5.74) is 2.31. The van der Waals surface area contributed by atoms with E-state index in [1.165, 1.54) is 23.6 Å². The van der Waals surface area contributed by atoms with Crippen molar-refractivity contribution in [1.82, 2.24) is 10.3 Å². The minimum atomic E-state index is -3.53. The maximum atomic E-state index is 12.0. The van der Waals surface area contributed by atoms with Gasteiger partial charge in [-0.3, -0.25) is 15.0 Å². The Bertz CT molecular complexity index is 791.